The van der Waals surface area contributed by atoms with Gasteiger partial charge in [-0.1, -0.05) is 0 Å². The van der Waals surface area contributed by atoms with Gasteiger partial charge in [0.25, 0.3) is 0 Å². The zero-order chi connectivity index (χ0) is 14.8. The van der Waals surface area contributed by atoms with Crippen molar-refractivity contribution in [2.45, 2.75) is 18.9 Å². The van der Waals surface area contributed by atoms with Crippen LogP contribution in [0.3, 0.4) is 0 Å². The van der Waals surface area contributed by atoms with Gasteiger partial charge in [0.05, 0.1) is 23.4 Å². The van der Waals surface area contributed by atoms with E-state index < -0.39 is 23.4 Å². The van der Waals surface area contributed by atoms with Crippen LogP contribution in [-0.2, 0) is 4.74 Å². The lowest BCUT2D eigenvalue weighted by atomic mass is 10.0. The van der Waals surface area contributed by atoms with Crippen LogP contribution < -0.4 is 10.6 Å². The van der Waals surface area contributed by atoms with E-state index in [4.69, 9.17) is 9.84 Å². The SMILES string of the molecule is CC1(NC(=O)Nc2ccc(C(=O)O)cc2F)CCOC1. The largest absolute Gasteiger partial charge is 0.478 e. The number of carboxylic acids is 1. The second-order valence-corrected chi connectivity index (χ2v) is 4.94. The van der Waals surface area contributed by atoms with E-state index in [2.05, 4.69) is 10.6 Å². The number of halogens is 1. The molecule has 2 amide bonds. The van der Waals surface area contributed by atoms with Gasteiger partial charge in [0, 0.05) is 6.61 Å². The lowest BCUT2D eigenvalue weighted by Crippen LogP contribution is -2.48. The zero-order valence-corrected chi connectivity index (χ0v) is 10.9. The van der Waals surface area contributed by atoms with E-state index in [1.165, 1.54) is 12.1 Å². The molecule has 1 aromatic carbocycles. The predicted octanol–water partition coefficient (Wildman–Crippen LogP) is 1.82. The Hall–Kier alpha value is -2.15. The van der Waals surface area contributed by atoms with Crippen molar-refractivity contribution in [2.75, 3.05) is 18.5 Å². The van der Waals surface area contributed by atoms with Crippen LogP contribution in [0.1, 0.15) is 23.7 Å². The topological polar surface area (TPSA) is 87.7 Å². The molecule has 1 fully saturated rings. The summed E-state index contributed by atoms with van der Waals surface area (Å²) in [5.41, 5.74) is -0.721. The molecule has 20 heavy (non-hydrogen) atoms. The summed E-state index contributed by atoms with van der Waals surface area (Å²) in [6.45, 7) is 2.81. The molecular formula is C13H15FN2O4. The number of benzene rings is 1. The third-order valence-corrected chi connectivity index (χ3v) is 3.10. The molecular weight excluding hydrogens is 267 g/mol. The fourth-order valence-corrected chi connectivity index (χ4v) is 1.94. The number of carboxylic acid groups (broad SMARTS) is 1. The maximum absolute atomic E-state index is 13.6. The average molecular weight is 282 g/mol. The van der Waals surface area contributed by atoms with Gasteiger partial charge in [-0.2, -0.15) is 0 Å². The summed E-state index contributed by atoms with van der Waals surface area (Å²) in [4.78, 5) is 22.5. The lowest BCUT2D eigenvalue weighted by Gasteiger charge is -2.23. The molecule has 0 saturated carbocycles. The minimum atomic E-state index is -1.23. The predicted molar refractivity (Wildman–Crippen MR) is 69.4 cm³/mol. The van der Waals surface area contributed by atoms with Crippen molar-refractivity contribution in [2.24, 2.45) is 0 Å². The number of rotatable bonds is 3. The van der Waals surface area contributed by atoms with Crippen molar-refractivity contribution in [1.29, 1.82) is 0 Å². The van der Waals surface area contributed by atoms with Gasteiger partial charge in [0.15, 0.2) is 0 Å². The van der Waals surface area contributed by atoms with Crippen molar-refractivity contribution >= 4 is 17.7 Å². The molecule has 108 valence electrons. The maximum Gasteiger partial charge on any atom is 0.335 e. The first-order valence-corrected chi connectivity index (χ1v) is 6.09. The van der Waals surface area contributed by atoms with Gasteiger partial charge in [0.1, 0.15) is 5.82 Å². The summed E-state index contributed by atoms with van der Waals surface area (Å²) >= 11 is 0. The monoisotopic (exact) mass is 282 g/mol. The highest BCUT2D eigenvalue weighted by molar-refractivity contribution is 5.92. The number of hydrogen-bond acceptors (Lipinski definition) is 3. The first-order chi connectivity index (χ1) is 9.39. The van der Waals surface area contributed by atoms with Crippen LogP contribution in [-0.4, -0.2) is 35.9 Å². The van der Waals surface area contributed by atoms with E-state index in [1.807, 2.05) is 6.92 Å². The molecule has 1 atom stereocenters. The molecule has 0 spiro atoms. The number of urea groups is 1. The Balaban J connectivity index is 2.02. The fourth-order valence-electron chi connectivity index (χ4n) is 1.94. The normalized spacial score (nSPS) is 21.5. The van der Waals surface area contributed by atoms with Crippen molar-refractivity contribution in [1.82, 2.24) is 5.32 Å². The third kappa shape index (κ3) is 3.24. The molecule has 7 heteroatoms. The van der Waals surface area contributed by atoms with Crippen LogP contribution in [0.2, 0.25) is 0 Å². The number of hydrogen-bond donors (Lipinski definition) is 3. The number of carbonyl (C=O) groups is 2. The van der Waals surface area contributed by atoms with E-state index >= 15 is 0 Å². The molecule has 0 bridgehead atoms. The smallest absolute Gasteiger partial charge is 0.335 e. The molecule has 1 aliphatic heterocycles. The van der Waals surface area contributed by atoms with Crippen LogP contribution in [0.5, 0.6) is 0 Å². The van der Waals surface area contributed by atoms with Crippen LogP contribution in [0.15, 0.2) is 18.2 Å². The summed E-state index contributed by atoms with van der Waals surface area (Å²) in [5, 5.41) is 13.8. The van der Waals surface area contributed by atoms with Gasteiger partial charge in [-0.15, -0.1) is 0 Å². The molecule has 0 aromatic heterocycles. The van der Waals surface area contributed by atoms with Gasteiger partial charge in [-0.25, -0.2) is 14.0 Å². The van der Waals surface area contributed by atoms with Crippen molar-refractivity contribution in [3.05, 3.63) is 29.6 Å². The molecule has 2 rings (SSSR count). The number of anilines is 1. The van der Waals surface area contributed by atoms with E-state index in [0.717, 1.165) is 6.07 Å². The summed E-state index contributed by atoms with van der Waals surface area (Å²) in [6.07, 6.45) is 0.681. The van der Waals surface area contributed by atoms with Crippen LogP contribution in [0.4, 0.5) is 14.9 Å². The number of ether oxygens (including phenoxy) is 1. The minimum Gasteiger partial charge on any atom is -0.478 e. The minimum absolute atomic E-state index is 0.0741. The Kier molecular flexibility index (Phi) is 3.89. The average Bonchev–Trinajstić information content (AvgIpc) is 2.77. The van der Waals surface area contributed by atoms with Crippen LogP contribution in [0, 0.1) is 5.82 Å². The third-order valence-electron chi connectivity index (χ3n) is 3.10. The Morgan fingerprint density at radius 1 is 1.45 bits per heavy atom. The van der Waals surface area contributed by atoms with E-state index in [0.29, 0.717) is 19.6 Å². The standard InChI is InChI=1S/C13H15FN2O4/c1-13(4-5-20-7-13)16-12(19)15-10-3-2-8(11(17)18)6-9(10)14/h2-3,6H,4-5,7H2,1H3,(H,17,18)(H2,15,16,19). The second kappa shape index (κ2) is 5.46. The van der Waals surface area contributed by atoms with Crippen molar-refractivity contribution in [3.63, 3.8) is 0 Å². The molecule has 0 aliphatic carbocycles. The number of aromatic carboxylic acids is 1. The van der Waals surface area contributed by atoms with Gasteiger partial charge in [0.2, 0.25) is 0 Å². The fraction of sp³-hybridized carbons (Fsp3) is 0.385. The Morgan fingerprint density at radius 2 is 2.20 bits per heavy atom. The van der Waals surface area contributed by atoms with E-state index in [9.17, 15) is 14.0 Å². The molecule has 3 N–H and O–H groups in total. The summed E-state index contributed by atoms with van der Waals surface area (Å²) in [7, 11) is 0. The number of amides is 2. The molecule has 1 unspecified atom stereocenters. The number of nitrogens with one attached hydrogen (secondary N) is 2. The highest BCUT2D eigenvalue weighted by atomic mass is 19.1. The summed E-state index contributed by atoms with van der Waals surface area (Å²) in [5.74, 6) is -2.02. The van der Waals surface area contributed by atoms with Crippen LogP contribution in [0.25, 0.3) is 0 Å². The summed E-state index contributed by atoms with van der Waals surface area (Å²) < 4.78 is 18.8. The summed E-state index contributed by atoms with van der Waals surface area (Å²) in [6, 6.07) is 2.74. The van der Waals surface area contributed by atoms with Crippen molar-refractivity contribution in [3.8, 4) is 0 Å². The Morgan fingerprint density at radius 3 is 2.75 bits per heavy atom. The van der Waals surface area contributed by atoms with Gasteiger partial charge in [-0.05, 0) is 31.5 Å². The first kappa shape index (κ1) is 14.3. The Bertz CT molecular complexity index is 541. The van der Waals surface area contributed by atoms with Crippen molar-refractivity contribution < 1.29 is 23.8 Å². The highest BCUT2D eigenvalue weighted by Gasteiger charge is 2.31. The zero-order valence-electron chi connectivity index (χ0n) is 10.9. The maximum atomic E-state index is 13.6. The first-order valence-electron chi connectivity index (χ1n) is 6.09. The molecule has 1 aromatic rings. The van der Waals surface area contributed by atoms with Gasteiger partial charge >= 0.3 is 12.0 Å². The molecule has 1 heterocycles. The second-order valence-electron chi connectivity index (χ2n) is 4.94. The molecule has 1 aliphatic rings. The molecule has 0 radical (unpaired) electrons. The van der Waals surface area contributed by atoms with Gasteiger partial charge < -0.3 is 20.5 Å². The van der Waals surface area contributed by atoms with E-state index in [-0.39, 0.29) is 11.3 Å². The van der Waals surface area contributed by atoms with Gasteiger partial charge in [-0.3, -0.25) is 0 Å². The number of carbonyl (C=O) groups excluding carboxylic acids is 1. The van der Waals surface area contributed by atoms with E-state index in [1.54, 1.807) is 0 Å². The molecule has 6 nitrogen and oxygen atoms in total. The quantitative estimate of drug-likeness (QED) is 0.789. The highest BCUT2D eigenvalue weighted by Crippen LogP contribution is 2.19. The lowest BCUT2D eigenvalue weighted by molar-refractivity contribution is 0.0696. The van der Waals surface area contributed by atoms with Crippen LogP contribution >= 0.6 is 0 Å². The molecule has 1 saturated heterocycles. The Labute approximate surface area is 114 Å².